The number of benzene rings is 2. The molecule has 0 heterocycles. The zero-order chi connectivity index (χ0) is 17.5. The van der Waals surface area contributed by atoms with Crippen LogP contribution < -0.4 is 9.47 Å². The molecule has 2 aromatic rings. The van der Waals surface area contributed by atoms with E-state index in [2.05, 4.69) is 0 Å². The molecule has 2 aromatic carbocycles. The van der Waals surface area contributed by atoms with E-state index in [0.29, 0.717) is 34.9 Å². The Morgan fingerprint density at radius 3 is 2.38 bits per heavy atom. The monoisotopic (exact) mass is 346 g/mol. The first-order chi connectivity index (χ1) is 11.6. The molecule has 0 saturated carbocycles. The molecule has 1 N–H and O–H groups in total. The summed E-state index contributed by atoms with van der Waals surface area (Å²) < 4.78 is 10.4. The quantitative estimate of drug-likeness (QED) is 0.466. The van der Waals surface area contributed by atoms with Crippen molar-refractivity contribution in [2.24, 2.45) is 0 Å². The number of phenolic OH excluding ortho intramolecular Hbond substituents is 1. The van der Waals surface area contributed by atoms with Gasteiger partial charge in [0.15, 0.2) is 5.78 Å². The molecule has 4 nitrogen and oxygen atoms in total. The number of methoxy groups -OCH3 is 2. The van der Waals surface area contributed by atoms with Crippen molar-refractivity contribution in [1.82, 2.24) is 0 Å². The fraction of sp³-hybridized carbons (Fsp3) is 0.211. The highest BCUT2D eigenvalue weighted by Gasteiger charge is 2.07. The third kappa shape index (κ3) is 4.52. The summed E-state index contributed by atoms with van der Waals surface area (Å²) in [5.74, 6) is 1.66. The second kappa shape index (κ2) is 8.41. The molecule has 0 spiro atoms. The molecule has 2 rings (SSSR count). The Morgan fingerprint density at radius 2 is 1.79 bits per heavy atom. The number of ketones is 1. The van der Waals surface area contributed by atoms with Crippen LogP contribution in [0.2, 0.25) is 0 Å². The summed E-state index contributed by atoms with van der Waals surface area (Å²) in [7, 11) is 3.14. The molecule has 126 valence electrons. The molecule has 0 atom stereocenters. The normalized spacial score (nSPS) is 10.8. The lowest BCUT2D eigenvalue weighted by atomic mass is 10.0. The third-order valence-electron chi connectivity index (χ3n) is 3.53. The van der Waals surface area contributed by atoms with Crippen LogP contribution in [-0.4, -0.2) is 31.0 Å². The van der Waals surface area contributed by atoms with E-state index >= 15 is 0 Å². The molecule has 0 radical (unpaired) electrons. The fourth-order valence-corrected chi connectivity index (χ4v) is 2.44. The molecule has 0 aromatic heterocycles. The van der Waals surface area contributed by atoms with Gasteiger partial charge in [-0.25, -0.2) is 0 Å². The molecule has 5 heteroatoms. The van der Waals surface area contributed by atoms with Gasteiger partial charge in [0.2, 0.25) is 0 Å². The summed E-state index contributed by atoms with van der Waals surface area (Å²) in [6, 6.07) is 10.1. The average Bonchev–Trinajstić information content (AvgIpc) is 2.61. The van der Waals surface area contributed by atoms with E-state index in [1.54, 1.807) is 38.5 Å². The minimum absolute atomic E-state index is 0.147. The molecule has 0 fully saturated rings. The zero-order valence-electron chi connectivity index (χ0n) is 13.6. The predicted molar refractivity (Wildman–Crippen MR) is 95.4 cm³/mol. The maximum Gasteiger partial charge on any atom is 0.185 e. The maximum atomic E-state index is 12.3. The van der Waals surface area contributed by atoms with Crippen LogP contribution in [0.5, 0.6) is 17.2 Å². The van der Waals surface area contributed by atoms with E-state index in [1.165, 1.54) is 12.1 Å². The number of hydrogen-bond donors (Lipinski definition) is 1. The van der Waals surface area contributed by atoms with Gasteiger partial charge in [0.05, 0.1) is 14.2 Å². The van der Waals surface area contributed by atoms with Crippen LogP contribution in [0.1, 0.15) is 21.5 Å². The summed E-state index contributed by atoms with van der Waals surface area (Å²) >= 11 is 5.70. The molecule has 0 bridgehead atoms. The van der Waals surface area contributed by atoms with Crippen molar-refractivity contribution in [3.05, 3.63) is 59.2 Å². The van der Waals surface area contributed by atoms with Crippen molar-refractivity contribution in [3.63, 3.8) is 0 Å². The molecule has 0 aliphatic heterocycles. The van der Waals surface area contributed by atoms with Gasteiger partial charge in [-0.05, 0) is 54.0 Å². The number of ether oxygens (including phenoxy) is 2. The first-order valence-electron chi connectivity index (χ1n) is 7.40. The van der Waals surface area contributed by atoms with Gasteiger partial charge >= 0.3 is 0 Å². The lowest BCUT2D eigenvalue weighted by molar-refractivity contribution is 0.104. The SMILES string of the molecule is COc1cc(C=CC(=O)c2ccc(O)c(CCCl)c2)cc(OC)c1. The van der Waals surface area contributed by atoms with E-state index in [-0.39, 0.29) is 11.5 Å². The number of hydrogen-bond acceptors (Lipinski definition) is 4. The minimum atomic E-state index is -0.160. The van der Waals surface area contributed by atoms with Crippen molar-refractivity contribution in [1.29, 1.82) is 0 Å². The highest BCUT2D eigenvalue weighted by Crippen LogP contribution is 2.24. The lowest BCUT2D eigenvalue weighted by Gasteiger charge is -2.06. The first kappa shape index (κ1) is 17.9. The number of carbonyl (C=O) groups excluding carboxylic acids is 1. The summed E-state index contributed by atoms with van der Waals surface area (Å²) in [6.45, 7) is 0. The molecular formula is C19H19ClO4. The molecule has 24 heavy (non-hydrogen) atoms. The van der Waals surface area contributed by atoms with E-state index in [9.17, 15) is 9.90 Å². The topological polar surface area (TPSA) is 55.8 Å². The van der Waals surface area contributed by atoms with Crippen LogP contribution >= 0.6 is 11.6 Å². The third-order valence-corrected chi connectivity index (χ3v) is 3.72. The van der Waals surface area contributed by atoms with Crippen LogP contribution in [0, 0.1) is 0 Å². The van der Waals surface area contributed by atoms with Crippen molar-refractivity contribution >= 4 is 23.5 Å². The largest absolute Gasteiger partial charge is 0.508 e. The standard InChI is InChI=1S/C19H19ClO4/c1-23-16-9-13(10-17(12-16)24-2)3-5-18(21)14-4-6-19(22)15(11-14)7-8-20/h3-6,9-12,22H,7-8H2,1-2H3. The summed E-state index contributed by atoms with van der Waals surface area (Å²) in [5, 5.41) is 9.76. The van der Waals surface area contributed by atoms with Gasteiger partial charge in [-0.2, -0.15) is 0 Å². The summed E-state index contributed by atoms with van der Waals surface area (Å²) in [4.78, 5) is 12.3. The second-order valence-corrected chi connectivity index (χ2v) is 5.50. The van der Waals surface area contributed by atoms with Crippen LogP contribution in [-0.2, 0) is 6.42 Å². The fourth-order valence-electron chi connectivity index (χ4n) is 2.23. The molecular weight excluding hydrogens is 328 g/mol. The number of phenols is 1. The van der Waals surface area contributed by atoms with E-state index in [4.69, 9.17) is 21.1 Å². The minimum Gasteiger partial charge on any atom is -0.508 e. The predicted octanol–water partition coefficient (Wildman–Crippen LogP) is 4.09. The molecule has 0 unspecified atom stereocenters. The number of rotatable bonds is 7. The van der Waals surface area contributed by atoms with Gasteiger partial charge in [-0.3, -0.25) is 4.79 Å². The Bertz CT molecular complexity index is 731. The van der Waals surface area contributed by atoms with Crippen LogP contribution in [0.3, 0.4) is 0 Å². The van der Waals surface area contributed by atoms with E-state index in [0.717, 1.165) is 5.56 Å². The van der Waals surface area contributed by atoms with Crippen LogP contribution in [0.15, 0.2) is 42.5 Å². The van der Waals surface area contributed by atoms with Crippen LogP contribution in [0.25, 0.3) is 6.08 Å². The molecule has 0 saturated heterocycles. The van der Waals surface area contributed by atoms with E-state index < -0.39 is 0 Å². The number of aryl methyl sites for hydroxylation is 1. The molecule has 0 aliphatic carbocycles. The number of carbonyl (C=O) groups is 1. The number of halogens is 1. The number of aromatic hydroxyl groups is 1. The average molecular weight is 347 g/mol. The smallest absolute Gasteiger partial charge is 0.185 e. The van der Waals surface area contributed by atoms with Crippen molar-refractivity contribution in [2.75, 3.05) is 20.1 Å². The van der Waals surface area contributed by atoms with Gasteiger partial charge in [0, 0.05) is 17.5 Å². The number of allylic oxidation sites excluding steroid dienone is 1. The lowest BCUT2D eigenvalue weighted by Crippen LogP contribution is -1.97. The first-order valence-corrected chi connectivity index (χ1v) is 7.94. The summed E-state index contributed by atoms with van der Waals surface area (Å²) in [6.07, 6.45) is 3.68. The Morgan fingerprint density at radius 1 is 1.12 bits per heavy atom. The number of alkyl halides is 1. The van der Waals surface area contributed by atoms with Crippen LogP contribution in [0.4, 0.5) is 0 Å². The Kier molecular flexibility index (Phi) is 6.27. The highest BCUT2D eigenvalue weighted by atomic mass is 35.5. The molecule has 0 amide bonds. The van der Waals surface area contributed by atoms with Crippen molar-refractivity contribution in [3.8, 4) is 17.2 Å². The maximum absolute atomic E-state index is 12.3. The van der Waals surface area contributed by atoms with Gasteiger partial charge in [-0.1, -0.05) is 6.08 Å². The Balaban J connectivity index is 2.23. The second-order valence-electron chi connectivity index (χ2n) is 5.13. The van der Waals surface area contributed by atoms with Gasteiger partial charge in [-0.15, -0.1) is 11.6 Å². The highest BCUT2D eigenvalue weighted by molar-refractivity contribution is 6.18. The van der Waals surface area contributed by atoms with Gasteiger partial charge < -0.3 is 14.6 Å². The Labute approximate surface area is 146 Å². The van der Waals surface area contributed by atoms with E-state index in [1.807, 2.05) is 12.1 Å². The van der Waals surface area contributed by atoms with Crippen molar-refractivity contribution in [2.45, 2.75) is 6.42 Å². The van der Waals surface area contributed by atoms with Crippen molar-refractivity contribution < 1.29 is 19.4 Å². The summed E-state index contributed by atoms with van der Waals surface area (Å²) in [5.41, 5.74) is 1.95. The Hall–Kier alpha value is -2.46. The van der Waals surface area contributed by atoms with Gasteiger partial charge in [0.25, 0.3) is 0 Å². The zero-order valence-corrected chi connectivity index (χ0v) is 14.3. The molecule has 0 aliphatic rings. The van der Waals surface area contributed by atoms with Gasteiger partial charge in [0.1, 0.15) is 17.2 Å².